The number of hydrogen-bond donors (Lipinski definition) is 1. The molecule has 35 heavy (non-hydrogen) atoms. The van der Waals surface area contributed by atoms with Gasteiger partial charge in [0.1, 0.15) is 5.75 Å². The lowest BCUT2D eigenvalue weighted by molar-refractivity contribution is -0.124. The molecule has 0 saturated heterocycles. The Morgan fingerprint density at radius 3 is 2.34 bits per heavy atom. The summed E-state index contributed by atoms with van der Waals surface area (Å²) < 4.78 is 34.6. The molecule has 6 nitrogen and oxygen atoms in total. The number of fused-ring (bicyclic) bond motifs is 1. The Morgan fingerprint density at radius 1 is 0.943 bits per heavy atom. The lowest BCUT2D eigenvalue weighted by atomic mass is 10.0. The standard InChI is InChI=1S/C27H22F2N2O4/c1-17(18-7-3-2-4-8-18)30-25(32)16-34-26(33)22-15-24(31-23-10-6-5-9-21(22)23)19-11-13-20(14-12-19)35-27(28)29/h2-15,17,27H,16H2,1H3,(H,30,32). The highest BCUT2D eigenvalue weighted by Crippen LogP contribution is 2.27. The number of rotatable bonds is 8. The lowest BCUT2D eigenvalue weighted by Gasteiger charge is -2.15. The molecule has 178 valence electrons. The van der Waals surface area contributed by atoms with Crippen molar-refractivity contribution in [3.8, 4) is 17.0 Å². The minimum Gasteiger partial charge on any atom is -0.452 e. The number of benzene rings is 3. The van der Waals surface area contributed by atoms with Crippen LogP contribution >= 0.6 is 0 Å². The van der Waals surface area contributed by atoms with Crippen molar-refractivity contribution in [2.45, 2.75) is 19.6 Å². The summed E-state index contributed by atoms with van der Waals surface area (Å²) >= 11 is 0. The van der Waals surface area contributed by atoms with Gasteiger partial charge < -0.3 is 14.8 Å². The summed E-state index contributed by atoms with van der Waals surface area (Å²) in [6.45, 7) is -1.52. The van der Waals surface area contributed by atoms with Crippen molar-refractivity contribution in [2.75, 3.05) is 6.61 Å². The fraction of sp³-hybridized carbons (Fsp3) is 0.148. The first-order valence-corrected chi connectivity index (χ1v) is 10.9. The second kappa shape index (κ2) is 10.7. The second-order valence-electron chi connectivity index (χ2n) is 7.75. The molecule has 1 amide bonds. The van der Waals surface area contributed by atoms with Gasteiger partial charge in [-0.3, -0.25) is 4.79 Å². The molecular formula is C27H22F2N2O4. The average Bonchev–Trinajstić information content (AvgIpc) is 2.87. The number of esters is 1. The highest BCUT2D eigenvalue weighted by Gasteiger charge is 2.18. The number of para-hydroxylation sites is 1. The first-order chi connectivity index (χ1) is 16.9. The zero-order valence-electron chi connectivity index (χ0n) is 18.8. The number of aromatic nitrogens is 1. The van der Waals surface area contributed by atoms with Crippen LogP contribution in [0.3, 0.4) is 0 Å². The van der Waals surface area contributed by atoms with Crippen LogP contribution < -0.4 is 10.1 Å². The summed E-state index contributed by atoms with van der Waals surface area (Å²) in [6.07, 6.45) is 0. The van der Waals surface area contributed by atoms with Crippen LogP contribution in [0, 0.1) is 0 Å². The number of hydrogen-bond acceptors (Lipinski definition) is 5. The van der Waals surface area contributed by atoms with Crippen molar-refractivity contribution < 1.29 is 27.8 Å². The van der Waals surface area contributed by atoms with Crippen LogP contribution in [0.25, 0.3) is 22.2 Å². The monoisotopic (exact) mass is 476 g/mol. The van der Waals surface area contributed by atoms with Crippen molar-refractivity contribution in [3.05, 3.63) is 96.1 Å². The summed E-state index contributed by atoms with van der Waals surface area (Å²) in [5.74, 6) is -1.09. The van der Waals surface area contributed by atoms with E-state index in [-0.39, 0.29) is 17.4 Å². The van der Waals surface area contributed by atoms with Crippen LogP contribution in [0.5, 0.6) is 5.75 Å². The number of carbonyl (C=O) groups is 2. The molecule has 1 atom stereocenters. The molecular weight excluding hydrogens is 454 g/mol. The van der Waals surface area contributed by atoms with Crippen LogP contribution in [-0.4, -0.2) is 30.1 Å². The molecule has 1 aromatic heterocycles. The summed E-state index contributed by atoms with van der Waals surface area (Å²) in [4.78, 5) is 29.9. The van der Waals surface area contributed by atoms with Gasteiger partial charge in [-0.1, -0.05) is 48.5 Å². The Bertz CT molecular complexity index is 1330. The lowest BCUT2D eigenvalue weighted by Crippen LogP contribution is -2.31. The SMILES string of the molecule is CC(NC(=O)COC(=O)c1cc(-c2ccc(OC(F)F)cc2)nc2ccccc12)c1ccccc1. The second-order valence-corrected chi connectivity index (χ2v) is 7.75. The zero-order chi connectivity index (χ0) is 24.8. The van der Waals surface area contributed by atoms with Gasteiger partial charge in [0.05, 0.1) is 22.8 Å². The van der Waals surface area contributed by atoms with Gasteiger partial charge in [0, 0.05) is 10.9 Å². The van der Waals surface area contributed by atoms with Crippen LogP contribution in [0.1, 0.15) is 28.9 Å². The maximum atomic E-state index is 12.9. The molecule has 0 aliphatic rings. The molecule has 8 heteroatoms. The van der Waals surface area contributed by atoms with Gasteiger partial charge in [0.15, 0.2) is 6.61 Å². The first-order valence-electron chi connectivity index (χ1n) is 10.9. The van der Waals surface area contributed by atoms with Crippen molar-refractivity contribution in [1.82, 2.24) is 10.3 Å². The van der Waals surface area contributed by atoms with E-state index in [0.717, 1.165) is 5.56 Å². The maximum Gasteiger partial charge on any atom is 0.387 e. The number of alkyl halides is 2. The number of ether oxygens (including phenoxy) is 2. The number of carbonyl (C=O) groups excluding carboxylic acids is 2. The fourth-order valence-electron chi connectivity index (χ4n) is 3.62. The molecule has 0 fully saturated rings. The van der Waals surface area contributed by atoms with E-state index in [1.54, 1.807) is 42.5 Å². The molecule has 0 saturated carbocycles. The van der Waals surface area contributed by atoms with Gasteiger partial charge in [0.25, 0.3) is 5.91 Å². The van der Waals surface area contributed by atoms with Gasteiger partial charge in [-0.25, -0.2) is 9.78 Å². The summed E-state index contributed by atoms with van der Waals surface area (Å²) in [5, 5.41) is 3.37. The Hall–Kier alpha value is -4.33. The third-order valence-electron chi connectivity index (χ3n) is 5.32. The van der Waals surface area contributed by atoms with Gasteiger partial charge in [0.2, 0.25) is 0 Å². The van der Waals surface area contributed by atoms with Crippen molar-refractivity contribution in [1.29, 1.82) is 0 Å². The van der Waals surface area contributed by atoms with Crippen LogP contribution in [0.4, 0.5) is 8.78 Å². The van der Waals surface area contributed by atoms with E-state index in [9.17, 15) is 18.4 Å². The zero-order valence-corrected chi connectivity index (χ0v) is 18.8. The van der Waals surface area contributed by atoms with Crippen molar-refractivity contribution in [3.63, 3.8) is 0 Å². The predicted molar refractivity (Wildman–Crippen MR) is 127 cm³/mol. The normalized spacial score (nSPS) is 11.8. The number of halogens is 2. The molecule has 0 aliphatic heterocycles. The largest absolute Gasteiger partial charge is 0.452 e. The molecule has 1 unspecified atom stereocenters. The molecule has 3 aromatic carbocycles. The van der Waals surface area contributed by atoms with Gasteiger partial charge >= 0.3 is 12.6 Å². The molecule has 1 N–H and O–H groups in total. The Labute approximate surface area is 200 Å². The topological polar surface area (TPSA) is 77.5 Å². The molecule has 0 spiro atoms. The number of nitrogens with one attached hydrogen (secondary N) is 1. The Morgan fingerprint density at radius 2 is 1.63 bits per heavy atom. The van der Waals surface area contributed by atoms with E-state index in [1.165, 1.54) is 12.1 Å². The minimum atomic E-state index is -2.92. The van der Waals surface area contributed by atoms with E-state index < -0.39 is 25.1 Å². The highest BCUT2D eigenvalue weighted by atomic mass is 19.3. The molecule has 1 heterocycles. The molecule has 0 bridgehead atoms. The maximum absolute atomic E-state index is 12.9. The van der Waals surface area contributed by atoms with Crippen LogP contribution in [0.2, 0.25) is 0 Å². The van der Waals surface area contributed by atoms with E-state index in [2.05, 4.69) is 15.0 Å². The Kier molecular flexibility index (Phi) is 7.30. The third kappa shape index (κ3) is 5.97. The smallest absolute Gasteiger partial charge is 0.387 e. The van der Waals surface area contributed by atoms with Gasteiger partial charge in [-0.05, 0) is 48.9 Å². The van der Waals surface area contributed by atoms with Crippen LogP contribution in [0.15, 0.2) is 84.9 Å². The van der Waals surface area contributed by atoms with E-state index in [0.29, 0.717) is 22.2 Å². The first kappa shape index (κ1) is 23.8. The van der Waals surface area contributed by atoms with Gasteiger partial charge in [-0.2, -0.15) is 8.78 Å². The molecule has 4 rings (SSSR count). The molecule has 0 aliphatic carbocycles. The third-order valence-corrected chi connectivity index (χ3v) is 5.32. The number of pyridine rings is 1. The highest BCUT2D eigenvalue weighted by molar-refractivity contribution is 6.05. The number of amides is 1. The minimum absolute atomic E-state index is 0.0138. The predicted octanol–water partition coefficient (Wildman–Crippen LogP) is 5.54. The quantitative estimate of drug-likeness (QED) is 0.338. The van der Waals surface area contributed by atoms with Crippen molar-refractivity contribution in [2.24, 2.45) is 0 Å². The van der Waals surface area contributed by atoms with Crippen LogP contribution in [-0.2, 0) is 9.53 Å². The molecule has 0 radical (unpaired) electrons. The summed E-state index contributed by atoms with van der Waals surface area (Å²) in [7, 11) is 0. The van der Waals surface area contributed by atoms with E-state index in [4.69, 9.17) is 4.74 Å². The van der Waals surface area contributed by atoms with Gasteiger partial charge in [-0.15, -0.1) is 0 Å². The van der Waals surface area contributed by atoms with E-state index >= 15 is 0 Å². The number of nitrogens with zero attached hydrogens (tertiary/aromatic N) is 1. The fourth-order valence-corrected chi connectivity index (χ4v) is 3.62. The molecule has 4 aromatic rings. The average molecular weight is 476 g/mol. The summed E-state index contributed by atoms with van der Waals surface area (Å²) in [5.41, 5.74) is 2.76. The van der Waals surface area contributed by atoms with Crippen molar-refractivity contribution >= 4 is 22.8 Å². The van der Waals surface area contributed by atoms with E-state index in [1.807, 2.05) is 37.3 Å². The Balaban J connectivity index is 1.51. The summed E-state index contributed by atoms with van der Waals surface area (Å²) in [6, 6.07) is 23.7.